The van der Waals surface area contributed by atoms with Crippen LogP contribution in [0.15, 0.2) is 18.2 Å². The van der Waals surface area contributed by atoms with Crippen LogP contribution in [-0.4, -0.2) is 38.8 Å². The molecule has 1 aliphatic heterocycles. The van der Waals surface area contributed by atoms with Gasteiger partial charge in [0.1, 0.15) is 11.5 Å². The maximum Gasteiger partial charge on any atom is 0.122 e. The van der Waals surface area contributed by atoms with Crippen molar-refractivity contribution in [1.29, 1.82) is 0 Å². The van der Waals surface area contributed by atoms with Crippen LogP contribution in [0.3, 0.4) is 0 Å². The predicted molar refractivity (Wildman–Crippen MR) is 81.1 cm³/mol. The van der Waals surface area contributed by atoms with E-state index in [2.05, 4.69) is 24.0 Å². The average molecular weight is 278 g/mol. The van der Waals surface area contributed by atoms with Gasteiger partial charge in [-0.25, -0.2) is 0 Å². The second-order valence-electron chi connectivity index (χ2n) is 5.72. The first-order valence-electron chi connectivity index (χ1n) is 7.30. The molecule has 0 spiro atoms. The summed E-state index contributed by atoms with van der Waals surface area (Å²) in [6.07, 6.45) is 1.23. The fraction of sp³-hybridized carbons (Fsp3) is 0.625. The molecular formula is C16H26N2O2. The van der Waals surface area contributed by atoms with Crippen LogP contribution in [0.25, 0.3) is 0 Å². The average Bonchev–Trinajstić information content (AvgIpc) is 2.48. The zero-order chi connectivity index (χ0) is 14.5. The van der Waals surface area contributed by atoms with Gasteiger partial charge in [0.25, 0.3) is 0 Å². The van der Waals surface area contributed by atoms with E-state index in [1.54, 1.807) is 14.2 Å². The molecule has 0 aliphatic carbocycles. The molecule has 1 aliphatic rings. The Morgan fingerprint density at radius 2 is 1.85 bits per heavy atom. The summed E-state index contributed by atoms with van der Waals surface area (Å²) in [6.45, 7) is 6.23. The van der Waals surface area contributed by atoms with E-state index >= 15 is 0 Å². The largest absolute Gasteiger partial charge is 0.497 e. The van der Waals surface area contributed by atoms with Gasteiger partial charge in [0.15, 0.2) is 0 Å². The van der Waals surface area contributed by atoms with Crippen LogP contribution in [0.4, 0.5) is 0 Å². The Labute approximate surface area is 121 Å². The van der Waals surface area contributed by atoms with Crippen molar-refractivity contribution in [2.45, 2.75) is 19.9 Å². The highest BCUT2D eigenvalue weighted by Gasteiger charge is 2.25. The van der Waals surface area contributed by atoms with E-state index in [-0.39, 0.29) is 0 Å². The Bertz CT molecular complexity index is 414. The molecule has 1 saturated heterocycles. The van der Waals surface area contributed by atoms with E-state index in [9.17, 15) is 0 Å². The third-order valence-electron chi connectivity index (χ3n) is 4.32. The quantitative estimate of drug-likeness (QED) is 0.896. The highest BCUT2D eigenvalue weighted by atomic mass is 16.5. The van der Waals surface area contributed by atoms with Crippen molar-refractivity contribution < 1.29 is 9.47 Å². The molecule has 1 aromatic carbocycles. The minimum Gasteiger partial charge on any atom is -0.497 e. The standard InChI is InChI=1S/C16H26N2O2/c1-12-4-5-18(11-14(12)9-17)10-13-6-15(19-2)8-16(7-13)20-3/h6-8,12,14H,4-5,9-11,17H2,1-3H3. The number of nitrogens with zero attached hydrogens (tertiary/aromatic N) is 1. The van der Waals surface area contributed by atoms with Gasteiger partial charge >= 0.3 is 0 Å². The number of hydrogen-bond donors (Lipinski definition) is 1. The molecule has 1 aromatic rings. The maximum absolute atomic E-state index is 5.87. The third-order valence-corrected chi connectivity index (χ3v) is 4.32. The van der Waals surface area contributed by atoms with E-state index < -0.39 is 0 Å². The fourth-order valence-electron chi connectivity index (χ4n) is 2.89. The van der Waals surface area contributed by atoms with Gasteiger partial charge in [-0.1, -0.05) is 6.92 Å². The van der Waals surface area contributed by atoms with Crippen LogP contribution in [0.2, 0.25) is 0 Å². The molecule has 2 rings (SSSR count). The number of nitrogens with two attached hydrogens (primary N) is 1. The zero-order valence-corrected chi connectivity index (χ0v) is 12.8. The van der Waals surface area contributed by atoms with E-state index in [1.807, 2.05) is 6.07 Å². The molecule has 1 heterocycles. The van der Waals surface area contributed by atoms with Crippen LogP contribution in [0.1, 0.15) is 18.9 Å². The molecule has 0 bridgehead atoms. The van der Waals surface area contributed by atoms with Crippen molar-refractivity contribution in [3.63, 3.8) is 0 Å². The van der Waals surface area contributed by atoms with E-state index in [1.165, 1.54) is 12.0 Å². The minimum absolute atomic E-state index is 0.608. The van der Waals surface area contributed by atoms with Crippen molar-refractivity contribution in [2.75, 3.05) is 33.9 Å². The topological polar surface area (TPSA) is 47.7 Å². The lowest BCUT2D eigenvalue weighted by molar-refractivity contribution is 0.126. The molecule has 2 N–H and O–H groups in total. The summed E-state index contributed by atoms with van der Waals surface area (Å²) < 4.78 is 10.7. The summed E-state index contributed by atoms with van der Waals surface area (Å²) in [6, 6.07) is 6.07. The van der Waals surface area contributed by atoms with Crippen molar-refractivity contribution in [1.82, 2.24) is 4.90 Å². The molecule has 0 amide bonds. The van der Waals surface area contributed by atoms with Crippen LogP contribution in [-0.2, 0) is 6.54 Å². The van der Waals surface area contributed by atoms with Crippen LogP contribution in [0.5, 0.6) is 11.5 Å². The lowest BCUT2D eigenvalue weighted by Crippen LogP contribution is -2.42. The number of benzene rings is 1. The van der Waals surface area contributed by atoms with Crippen LogP contribution < -0.4 is 15.2 Å². The molecule has 4 heteroatoms. The van der Waals surface area contributed by atoms with E-state index in [4.69, 9.17) is 15.2 Å². The van der Waals surface area contributed by atoms with Crippen molar-refractivity contribution in [3.8, 4) is 11.5 Å². The molecule has 4 nitrogen and oxygen atoms in total. The summed E-state index contributed by atoms with van der Waals surface area (Å²) in [4.78, 5) is 2.48. The highest BCUT2D eigenvalue weighted by Crippen LogP contribution is 2.26. The lowest BCUT2D eigenvalue weighted by atomic mass is 9.87. The molecule has 2 atom stereocenters. The first-order chi connectivity index (χ1) is 9.66. The molecule has 0 saturated carbocycles. The van der Waals surface area contributed by atoms with Gasteiger partial charge in [0.2, 0.25) is 0 Å². The summed E-state index contributed by atoms with van der Waals surface area (Å²) in [5.74, 6) is 3.03. The van der Waals surface area contributed by atoms with Gasteiger partial charge in [-0.2, -0.15) is 0 Å². The second-order valence-corrected chi connectivity index (χ2v) is 5.72. The molecular weight excluding hydrogens is 252 g/mol. The van der Waals surface area contributed by atoms with E-state index in [0.29, 0.717) is 5.92 Å². The normalized spacial score (nSPS) is 23.6. The Kier molecular flexibility index (Phi) is 5.26. The third kappa shape index (κ3) is 3.64. The number of methoxy groups -OCH3 is 2. The van der Waals surface area contributed by atoms with Crippen molar-refractivity contribution >= 4 is 0 Å². The maximum atomic E-state index is 5.87. The van der Waals surface area contributed by atoms with Crippen molar-refractivity contribution in [2.24, 2.45) is 17.6 Å². The highest BCUT2D eigenvalue weighted by molar-refractivity contribution is 5.38. The second kappa shape index (κ2) is 6.95. The van der Waals surface area contributed by atoms with Crippen LogP contribution >= 0.6 is 0 Å². The van der Waals surface area contributed by atoms with Gasteiger partial charge in [-0.05, 0) is 49.0 Å². The Hall–Kier alpha value is -1.26. The van der Waals surface area contributed by atoms with E-state index in [0.717, 1.165) is 43.6 Å². The lowest BCUT2D eigenvalue weighted by Gasteiger charge is -2.36. The number of ether oxygens (including phenoxy) is 2. The molecule has 0 aromatic heterocycles. The number of hydrogen-bond acceptors (Lipinski definition) is 4. The number of piperidine rings is 1. The van der Waals surface area contributed by atoms with Crippen molar-refractivity contribution in [3.05, 3.63) is 23.8 Å². The van der Waals surface area contributed by atoms with Gasteiger partial charge in [-0.15, -0.1) is 0 Å². The Balaban J connectivity index is 2.06. The zero-order valence-electron chi connectivity index (χ0n) is 12.8. The van der Waals surface area contributed by atoms with Gasteiger partial charge in [-0.3, -0.25) is 4.90 Å². The van der Waals surface area contributed by atoms with Gasteiger partial charge < -0.3 is 15.2 Å². The summed E-state index contributed by atoms with van der Waals surface area (Å²) in [5.41, 5.74) is 7.10. The SMILES string of the molecule is COc1cc(CN2CCC(C)C(CN)C2)cc(OC)c1. The Morgan fingerprint density at radius 3 is 2.40 bits per heavy atom. The first kappa shape index (κ1) is 15.1. The molecule has 1 fully saturated rings. The van der Waals surface area contributed by atoms with Gasteiger partial charge in [0, 0.05) is 19.2 Å². The number of likely N-dealkylation sites (tertiary alicyclic amines) is 1. The number of rotatable bonds is 5. The summed E-state index contributed by atoms with van der Waals surface area (Å²) >= 11 is 0. The predicted octanol–water partition coefficient (Wildman–Crippen LogP) is 2.12. The molecule has 20 heavy (non-hydrogen) atoms. The Morgan fingerprint density at radius 1 is 1.20 bits per heavy atom. The smallest absolute Gasteiger partial charge is 0.122 e. The van der Waals surface area contributed by atoms with Gasteiger partial charge in [0.05, 0.1) is 14.2 Å². The summed E-state index contributed by atoms with van der Waals surface area (Å²) in [5, 5.41) is 0. The summed E-state index contributed by atoms with van der Waals surface area (Å²) in [7, 11) is 3.37. The molecule has 2 unspecified atom stereocenters. The molecule has 112 valence electrons. The van der Waals surface area contributed by atoms with Crippen LogP contribution in [0, 0.1) is 11.8 Å². The fourth-order valence-corrected chi connectivity index (χ4v) is 2.89. The first-order valence-corrected chi connectivity index (χ1v) is 7.30. The molecule has 0 radical (unpaired) electrons. The minimum atomic E-state index is 0.608. The monoisotopic (exact) mass is 278 g/mol.